The molecule has 2 nitrogen and oxygen atoms in total. The fourth-order valence-corrected chi connectivity index (χ4v) is 2.16. The second kappa shape index (κ2) is 8.98. The van der Waals surface area contributed by atoms with Gasteiger partial charge in [-0.15, -0.1) is 0 Å². The van der Waals surface area contributed by atoms with Crippen LogP contribution in [0.3, 0.4) is 0 Å². The molecule has 0 aliphatic carbocycles. The molecule has 0 saturated carbocycles. The lowest BCUT2D eigenvalue weighted by Crippen LogP contribution is -2.15. The zero-order valence-electron chi connectivity index (χ0n) is 13.0. The average molecular weight is 263 g/mol. The molecular weight excluding hydrogens is 234 g/mol. The first-order chi connectivity index (χ1) is 9.15. The lowest BCUT2D eigenvalue weighted by atomic mass is 10.1. The van der Waals surface area contributed by atoms with Crippen molar-refractivity contribution in [1.29, 1.82) is 0 Å². The van der Waals surface area contributed by atoms with Gasteiger partial charge >= 0.3 is 0 Å². The largest absolute Gasteiger partial charge is 0.493 e. The van der Waals surface area contributed by atoms with Gasteiger partial charge in [0.2, 0.25) is 0 Å². The van der Waals surface area contributed by atoms with Crippen LogP contribution in [0.1, 0.15) is 49.3 Å². The first-order valence-electron chi connectivity index (χ1n) is 7.56. The number of nitrogens with one attached hydrogen (secondary N) is 1. The van der Waals surface area contributed by atoms with Gasteiger partial charge in [0, 0.05) is 0 Å². The molecule has 1 N–H and O–H groups in total. The highest BCUT2D eigenvalue weighted by Crippen LogP contribution is 2.23. The van der Waals surface area contributed by atoms with Crippen molar-refractivity contribution < 1.29 is 4.74 Å². The van der Waals surface area contributed by atoms with Crippen LogP contribution >= 0.6 is 0 Å². The molecule has 0 radical (unpaired) electrons. The highest BCUT2D eigenvalue weighted by Gasteiger charge is 2.03. The van der Waals surface area contributed by atoms with Gasteiger partial charge in [-0.3, -0.25) is 0 Å². The lowest BCUT2D eigenvalue weighted by molar-refractivity contribution is 0.302. The molecular formula is C17H29NO. The smallest absolute Gasteiger partial charge is 0.122 e. The van der Waals surface area contributed by atoms with E-state index >= 15 is 0 Å². The fraction of sp³-hybridized carbons (Fsp3) is 0.647. The summed E-state index contributed by atoms with van der Waals surface area (Å²) in [6.07, 6.45) is 4.84. The minimum Gasteiger partial charge on any atom is -0.493 e. The normalized spacial score (nSPS) is 10.7. The van der Waals surface area contributed by atoms with E-state index in [1.54, 1.807) is 0 Å². The zero-order chi connectivity index (χ0) is 14.1. The van der Waals surface area contributed by atoms with Crippen molar-refractivity contribution >= 4 is 0 Å². The predicted molar refractivity (Wildman–Crippen MR) is 83.2 cm³/mol. The number of rotatable bonds is 9. The summed E-state index contributed by atoms with van der Waals surface area (Å²) in [7, 11) is 0. The first kappa shape index (κ1) is 16.0. The highest BCUT2D eigenvalue weighted by atomic mass is 16.5. The second-order valence-corrected chi connectivity index (χ2v) is 5.36. The van der Waals surface area contributed by atoms with Crippen LogP contribution < -0.4 is 10.1 Å². The van der Waals surface area contributed by atoms with Gasteiger partial charge in [0.15, 0.2) is 0 Å². The van der Waals surface area contributed by atoms with Crippen LogP contribution in [0.2, 0.25) is 0 Å². The Labute approximate surface area is 118 Å². The summed E-state index contributed by atoms with van der Waals surface area (Å²) < 4.78 is 5.91. The van der Waals surface area contributed by atoms with Crippen LogP contribution in [0.25, 0.3) is 0 Å². The number of hydrogen-bond acceptors (Lipinski definition) is 2. The first-order valence-corrected chi connectivity index (χ1v) is 7.56. The van der Waals surface area contributed by atoms with E-state index in [0.717, 1.165) is 31.9 Å². The molecule has 0 aliphatic rings. The number of ether oxygens (including phenoxy) is 1. The van der Waals surface area contributed by atoms with Gasteiger partial charge in [-0.25, -0.2) is 0 Å². The van der Waals surface area contributed by atoms with E-state index in [-0.39, 0.29) is 0 Å². The average Bonchev–Trinajstić information content (AvgIpc) is 2.38. The molecule has 0 unspecified atom stereocenters. The Morgan fingerprint density at radius 1 is 1.00 bits per heavy atom. The van der Waals surface area contributed by atoms with Crippen molar-refractivity contribution in [3.63, 3.8) is 0 Å². The molecule has 0 amide bonds. The Balaban J connectivity index is 2.19. The molecule has 1 aromatic carbocycles. The molecule has 0 heterocycles. The molecule has 19 heavy (non-hydrogen) atoms. The third kappa shape index (κ3) is 6.11. The summed E-state index contributed by atoms with van der Waals surface area (Å²) in [4.78, 5) is 0. The van der Waals surface area contributed by atoms with E-state index in [2.05, 4.69) is 45.1 Å². The molecule has 0 aromatic heterocycles. The van der Waals surface area contributed by atoms with Crippen molar-refractivity contribution in [2.75, 3.05) is 19.7 Å². The molecule has 108 valence electrons. The maximum absolute atomic E-state index is 5.91. The summed E-state index contributed by atoms with van der Waals surface area (Å²) in [6, 6.07) is 4.35. The number of hydrogen-bond donors (Lipinski definition) is 1. The fourth-order valence-electron chi connectivity index (χ4n) is 2.16. The van der Waals surface area contributed by atoms with Crippen LogP contribution in [0.4, 0.5) is 0 Å². The minimum absolute atomic E-state index is 0.831. The highest BCUT2D eigenvalue weighted by molar-refractivity contribution is 5.41. The van der Waals surface area contributed by atoms with Crippen LogP contribution in [0.5, 0.6) is 5.75 Å². The van der Waals surface area contributed by atoms with E-state index in [9.17, 15) is 0 Å². The van der Waals surface area contributed by atoms with Crippen molar-refractivity contribution in [2.24, 2.45) is 0 Å². The standard InChI is InChI=1S/C17H29NO/c1-5-9-18-10-7-6-8-11-19-17-13-14(2)12-15(3)16(17)4/h12-13,18H,5-11H2,1-4H3. The molecule has 0 saturated heterocycles. The topological polar surface area (TPSA) is 21.3 Å². The van der Waals surface area contributed by atoms with Gasteiger partial charge in [0.1, 0.15) is 5.75 Å². The SMILES string of the molecule is CCCNCCCCCOc1cc(C)cc(C)c1C. The molecule has 2 heteroatoms. The second-order valence-electron chi connectivity index (χ2n) is 5.36. The zero-order valence-corrected chi connectivity index (χ0v) is 13.0. The maximum atomic E-state index is 5.91. The molecule has 0 atom stereocenters. The van der Waals surface area contributed by atoms with Crippen molar-refractivity contribution in [2.45, 2.75) is 53.4 Å². The Morgan fingerprint density at radius 3 is 2.53 bits per heavy atom. The van der Waals surface area contributed by atoms with Gasteiger partial charge in [0.25, 0.3) is 0 Å². The van der Waals surface area contributed by atoms with Gasteiger partial charge in [-0.05, 0) is 82.3 Å². The third-order valence-electron chi connectivity index (χ3n) is 3.45. The van der Waals surface area contributed by atoms with Gasteiger partial charge in [-0.2, -0.15) is 0 Å². The van der Waals surface area contributed by atoms with Crippen LogP contribution in [0, 0.1) is 20.8 Å². The Kier molecular flexibility index (Phi) is 7.57. The minimum atomic E-state index is 0.831. The van der Waals surface area contributed by atoms with E-state index in [1.807, 2.05) is 0 Å². The van der Waals surface area contributed by atoms with Crippen LogP contribution in [-0.2, 0) is 0 Å². The van der Waals surface area contributed by atoms with E-state index in [1.165, 1.54) is 36.0 Å². The monoisotopic (exact) mass is 263 g/mol. The van der Waals surface area contributed by atoms with Crippen molar-refractivity contribution in [3.8, 4) is 5.75 Å². The van der Waals surface area contributed by atoms with Gasteiger partial charge in [0.05, 0.1) is 6.61 Å². The van der Waals surface area contributed by atoms with Gasteiger partial charge < -0.3 is 10.1 Å². The van der Waals surface area contributed by atoms with E-state index in [0.29, 0.717) is 0 Å². The molecule has 0 fully saturated rings. The molecule has 0 aliphatic heterocycles. The Hall–Kier alpha value is -1.02. The summed E-state index contributed by atoms with van der Waals surface area (Å²) in [5, 5.41) is 3.43. The summed E-state index contributed by atoms with van der Waals surface area (Å²) in [5.41, 5.74) is 3.87. The molecule has 1 rings (SSSR count). The number of aryl methyl sites for hydroxylation is 2. The lowest BCUT2D eigenvalue weighted by Gasteiger charge is -2.12. The van der Waals surface area contributed by atoms with Crippen LogP contribution in [-0.4, -0.2) is 19.7 Å². The number of unbranched alkanes of at least 4 members (excludes halogenated alkanes) is 2. The summed E-state index contributed by atoms with van der Waals surface area (Å²) in [5.74, 6) is 1.06. The van der Waals surface area contributed by atoms with E-state index < -0.39 is 0 Å². The number of benzene rings is 1. The Bertz CT molecular complexity index is 374. The van der Waals surface area contributed by atoms with E-state index in [4.69, 9.17) is 4.74 Å². The molecule has 0 spiro atoms. The van der Waals surface area contributed by atoms with Crippen molar-refractivity contribution in [3.05, 3.63) is 28.8 Å². The molecule has 1 aromatic rings. The van der Waals surface area contributed by atoms with Crippen molar-refractivity contribution in [1.82, 2.24) is 5.32 Å². The summed E-state index contributed by atoms with van der Waals surface area (Å²) >= 11 is 0. The van der Waals surface area contributed by atoms with Crippen LogP contribution in [0.15, 0.2) is 12.1 Å². The maximum Gasteiger partial charge on any atom is 0.122 e. The quantitative estimate of drug-likeness (QED) is 0.675. The third-order valence-corrected chi connectivity index (χ3v) is 3.45. The summed E-state index contributed by atoms with van der Waals surface area (Å²) in [6.45, 7) is 11.7. The van der Waals surface area contributed by atoms with Gasteiger partial charge in [-0.1, -0.05) is 13.0 Å². The molecule has 0 bridgehead atoms. The Morgan fingerprint density at radius 2 is 1.79 bits per heavy atom. The predicted octanol–water partition coefficient (Wildman–Crippen LogP) is 4.16.